The van der Waals surface area contributed by atoms with Gasteiger partial charge in [-0.15, -0.1) is 0 Å². The van der Waals surface area contributed by atoms with E-state index < -0.39 is 5.91 Å². The van der Waals surface area contributed by atoms with E-state index in [1.807, 2.05) is 29.2 Å². The third-order valence-electron chi connectivity index (χ3n) is 3.71. The van der Waals surface area contributed by atoms with Crippen molar-refractivity contribution in [3.63, 3.8) is 0 Å². The average molecular weight is 440 g/mol. The molecule has 0 spiro atoms. The van der Waals surface area contributed by atoms with Crippen LogP contribution in [0.25, 0.3) is 5.69 Å². The Morgan fingerprint density at radius 1 is 1.29 bits per heavy atom. The van der Waals surface area contributed by atoms with E-state index in [1.165, 1.54) is 10.6 Å². The molecule has 126 valence electrons. The van der Waals surface area contributed by atoms with E-state index in [2.05, 4.69) is 27.6 Å². The van der Waals surface area contributed by atoms with Crippen molar-refractivity contribution < 1.29 is 9.53 Å². The summed E-state index contributed by atoms with van der Waals surface area (Å²) in [6.45, 7) is 2.50. The summed E-state index contributed by atoms with van der Waals surface area (Å²) in [5.74, 6) is 0.375. The molecule has 24 heavy (non-hydrogen) atoms. The first-order valence-electron chi connectivity index (χ1n) is 7.54. The minimum absolute atomic E-state index is 0.0983. The SMILES string of the molecule is NC(=O)Cc1nc(N2CCOCC2)cc(=O)n1-c1cccc(I)c1. The number of carbonyl (C=O) groups is 1. The molecule has 1 aromatic carbocycles. The van der Waals surface area contributed by atoms with Crippen LogP contribution in [0, 0.1) is 3.57 Å². The molecule has 0 saturated carbocycles. The maximum absolute atomic E-state index is 12.7. The van der Waals surface area contributed by atoms with Crippen LogP contribution in [-0.4, -0.2) is 41.8 Å². The van der Waals surface area contributed by atoms with Crippen LogP contribution in [0.4, 0.5) is 5.82 Å². The molecule has 0 radical (unpaired) electrons. The number of aromatic nitrogens is 2. The highest BCUT2D eigenvalue weighted by molar-refractivity contribution is 14.1. The number of amides is 1. The molecule has 0 aliphatic carbocycles. The first-order valence-corrected chi connectivity index (χ1v) is 8.62. The lowest BCUT2D eigenvalue weighted by Gasteiger charge is -2.28. The topological polar surface area (TPSA) is 90.5 Å². The van der Waals surface area contributed by atoms with Gasteiger partial charge in [0.2, 0.25) is 5.91 Å². The van der Waals surface area contributed by atoms with Crippen LogP contribution >= 0.6 is 22.6 Å². The predicted octanol–water partition coefficient (Wildman–Crippen LogP) is 0.702. The Morgan fingerprint density at radius 3 is 2.71 bits per heavy atom. The Kier molecular flexibility index (Phi) is 5.14. The van der Waals surface area contributed by atoms with E-state index in [-0.39, 0.29) is 12.0 Å². The first kappa shape index (κ1) is 16.9. The lowest BCUT2D eigenvalue weighted by molar-refractivity contribution is -0.117. The molecule has 0 atom stereocenters. The summed E-state index contributed by atoms with van der Waals surface area (Å²) in [4.78, 5) is 30.7. The Balaban J connectivity index is 2.10. The smallest absolute Gasteiger partial charge is 0.260 e. The lowest BCUT2D eigenvalue weighted by atomic mass is 10.2. The van der Waals surface area contributed by atoms with Crippen molar-refractivity contribution in [3.05, 3.63) is 50.1 Å². The Hall–Kier alpha value is -1.94. The van der Waals surface area contributed by atoms with E-state index in [0.29, 0.717) is 43.6 Å². The monoisotopic (exact) mass is 440 g/mol. The van der Waals surface area contributed by atoms with Gasteiger partial charge in [0.25, 0.3) is 5.56 Å². The van der Waals surface area contributed by atoms with Crippen LogP contribution in [0.5, 0.6) is 0 Å². The molecule has 1 fully saturated rings. The Labute approximate surface area is 152 Å². The standard InChI is InChI=1S/C16H17IN4O3/c17-11-2-1-3-12(8-11)21-15(9-13(18)22)19-14(10-16(21)23)20-4-6-24-7-5-20/h1-3,8,10H,4-7,9H2,(H2,18,22). The summed E-state index contributed by atoms with van der Waals surface area (Å²) in [5.41, 5.74) is 5.79. The lowest BCUT2D eigenvalue weighted by Crippen LogP contribution is -2.38. The minimum atomic E-state index is -0.527. The summed E-state index contributed by atoms with van der Waals surface area (Å²) in [6.07, 6.45) is -0.0983. The predicted molar refractivity (Wildman–Crippen MR) is 98.5 cm³/mol. The number of nitrogens with two attached hydrogens (primary N) is 1. The number of rotatable bonds is 4. The molecule has 1 aromatic heterocycles. The first-order chi connectivity index (χ1) is 11.5. The van der Waals surface area contributed by atoms with Crippen molar-refractivity contribution in [2.75, 3.05) is 31.2 Å². The summed E-state index contributed by atoms with van der Waals surface area (Å²) in [6, 6.07) is 8.95. The van der Waals surface area contributed by atoms with E-state index in [0.717, 1.165) is 3.57 Å². The minimum Gasteiger partial charge on any atom is -0.378 e. The molecular formula is C16H17IN4O3. The molecule has 8 heteroatoms. The van der Waals surface area contributed by atoms with E-state index in [9.17, 15) is 9.59 Å². The molecule has 2 aromatic rings. The molecule has 2 N–H and O–H groups in total. The highest BCUT2D eigenvalue weighted by Crippen LogP contribution is 2.16. The fraction of sp³-hybridized carbons (Fsp3) is 0.312. The molecule has 1 aliphatic rings. The molecule has 1 amide bonds. The molecule has 7 nitrogen and oxygen atoms in total. The molecule has 1 aliphatic heterocycles. The number of halogens is 1. The van der Waals surface area contributed by atoms with Crippen LogP contribution in [0.2, 0.25) is 0 Å². The second-order valence-electron chi connectivity index (χ2n) is 5.43. The van der Waals surface area contributed by atoms with Crippen molar-refractivity contribution in [2.45, 2.75) is 6.42 Å². The number of benzene rings is 1. The van der Waals surface area contributed by atoms with Crippen LogP contribution in [0.15, 0.2) is 35.1 Å². The normalized spacial score (nSPS) is 14.6. The van der Waals surface area contributed by atoms with Gasteiger partial charge in [0.15, 0.2) is 0 Å². The molecule has 2 heterocycles. The van der Waals surface area contributed by atoms with Gasteiger partial charge in [-0.3, -0.25) is 14.2 Å². The third kappa shape index (κ3) is 3.75. The Bertz CT molecular complexity index is 815. The van der Waals surface area contributed by atoms with Crippen molar-refractivity contribution >= 4 is 34.3 Å². The van der Waals surface area contributed by atoms with Gasteiger partial charge in [0.1, 0.15) is 11.6 Å². The van der Waals surface area contributed by atoms with Crippen molar-refractivity contribution in [2.24, 2.45) is 5.73 Å². The summed E-state index contributed by atoms with van der Waals surface area (Å²) in [5, 5.41) is 0. The molecule has 3 rings (SSSR count). The van der Waals surface area contributed by atoms with Gasteiger partial charge < -0.3 is 15.4 Å². The average Bonchev–Trinajstić information content (AvgIpc) is 2.54. The molecule has 1 saturated heterocycles. The number of ether oxygens (including phenoxy) is 1. The zero-order chi connectivity index (χ0) is 17.1. The van der Waals surface area contributed by atoms with Gasteiger partial charge in [-0.1, -0.05) is 6.07 Å². The summed E-state index contributed by atoms with van der Waals surface area (Å²) < 4.78 is 7.75. The van der Waals surface area contributed by atoms with Crippen LogP contribution < -0.4 is 16.2 Å². The number of hydrogen-bond donors (Lipinski definition) is 1. The van der Waals surface area contributed by atoms with Gasteiger partial charge in [-0.05, 0) is 40.8 Å². The summed E-state index contributed by atoms with van der Waals surface area (Å²) >= 11 is 2.17. The van der Waals surface area contributed by atoms with Crippen molar-refractivity contribution in [1.29, 1.82) is 0 Å². The number of hydrogen-bond acceptors (Lipinski definition) is 5. The largest absolute Gasteiger partial charge is 0.378 e. The maximum Gasteiger partial charge on any atom is 0.260 e. The van der Waals surface area contributed by atoms with Crippen LogP contribution in [-0.2, 0) is 16.0 Å². The third-order valence-corrected chi connectivity index (χ3v) is 4.38. The number of primary amides is 1. The van der Waals surface area contributed by atoms with Crippen molar-refractivity contribution in [3.8, 4) is 5.69 Å². The molecule has 0 unspecified atom stereocenters. The summed E-state index contributed by atoms with van der Waals surface area (Å²) in [7, 11) is 0. The quantitative estimate of drug-likeness (QED) is 0.708. The highest BCUT2D eigenvalue weighted by atomic mass is 127. The fourth-order valence-electron chi connectivity index (χ4n) is 2.64. The van der Waals surface area contributed by atoms with E-state index >= 15 is 0 Å². The number of morpholine rings is 1. The van der Waals surface area contributed by atoms with Gasteiger partial charge in [0.05, 0.1) is 25.3 Å². The molecular weight excluding hydrogens is 423 g/mol. The zero-order valence-electron chi connectivity index (χ0n) is 12.9. The Morgan fingerprint density at radius 2 is 2.04 bits per heavy atom. The highest BCUT2D eigenvalue weighted by Gasteiger charge is 2.18. The fourth-order valence-corrected chi connectivity index (χ4v) is 3.16. The van der Waals surface area contributed by atoms with E-state index in [4.69, 9.17) is 10.5 Å². The van der Waals surface area contributed by atoms with Gasteiger partial charge in [-0.25, -0.2) is 4.98 Å². The number of nitrogens with zero attached hydrogens (tertiary/aromatic N) is 3. The molecule has 0 bridgehead atoms. The zero-order valence-corrected chi connectivity index (χ0v) is 15.1. The second kappa shape index (κ2) is 7.31. The van der Waals surface area contributed by atoms with Gasteiger partial charge in [0, 0.05) is 22.7 Å². The second-order valence-corrected chi connectivity index (χ2v) is 6.67. The maximum atomic E-state index is 12.7. The van der Waals surface area contributed by atoms with Crippen LogP contribution in [0.1, 0.15) is 5.82 Å². The van der Waals surface area contributed by atoms with E-state index in [1.54, 1.807) is 0 Å². The van der Waals surface area contributed by atoms with Gasteiger partial charge in [-0.2, -0.15) is 0 Å². The number of carbonyl (C=O) groups excluding carboxylic acids is 1. The van der Waals surface area contributed by atoms with Gasteiger partial charge >= 0.3 is 0 Å². The van der Waals surface area contributed by atoms with Crippen molar-refractivity contribution in [1.82, 2.24) is 9.55 Å². The number of anilines is 1. The van der Waals surface area contributed by atoms with Crippen LogP contribution in [0.3, 0.4) is 0 Å².